The van der Waals surface area contributed by atoms with Crippen LogP contribution in [0.25, 0.3) is 0 Å². The molecule has 0 saturated carbocycles. The first-order chi connectivity index (χ1) is 9.15. The van der Waals surface area contributed by atoms with Crippen molar-refractivity contribution >= 4 is 39.1 Å². The summed E-state index contributed by atoms with van der Waals surface area (Å²) in [7, 11) is 0. The normalized spacial score (nSPS) is 10.6. The van der Waals surface area contributed by atoms with Crippen LogP contribution in [0, 0.1) is 0 Å². The highest BCUT2D eigenvalue weighted by molar-refractivity contribution is 9.10. The van der Waals surface area contributed by atoms with Gasteiger partial charge in [-0.15, -0.1) is 11.8 Å². The highest BCUT2D eigenvalue weighted by Gasteiger charge is 2.01. The molecule has 19 heavy (non-hydrogen) atoms. The summed E-state index contributed by atoms with van der Waals surface area (Å²) < 4.78 is 1.07. The minimum absolute atomic E-state index is 0.835. The van der Waals surface area contributed by atoms with Gasteiger partial charge in [0.1, 0.15) is 0 Å². The van der Waals surface area contributed by atoms with Crippen LogP contribution < -0.4 is 11.5 Å². The molecule has 0 aromatic heterocycles. The lowest BCUT2D eigenvalue weighted by Gasteiger charge is -2.06. The van der Waals surface area contributed by atoms with Gasteiger partial charge in [0.25, 0.3) is 0 Å². The molecule has 2 rings (SSSR count). The highest BCUT2D eigenvalue weighted by atomic mass is 79.9. The number of halogens is 1. The largest absolute Gasteiger partial charge is 0.399 e. The standard InChI is InChI=1S/C15H17BrN2S/c16-12-6-7-14(18)15(10-12)19-8-2-4-11-3-1-5-13(17)9-11/h1,3,5-7,9-10H,2,4,8,17-18H2. The quantitative estimate of drug-likeness (QED) is 0.485. The smallest absolute Gasteiger partial charge is 0.0453 e. The van der Waals surface area contributed by atoms with Gasteiger partial charge in [-0.05, 0) is 54.5 Å². The summed E-state index contributed by atoms with van der Waals surface area (Å²) in [6, 6.07) is 14.0. The first-order valence-electron chi connectivity index (χ1n) is 6.17. The van der Waals surface area contributed by atoms with E-state index >= 15 is 0 Å². The molecule has 0 fully saturated rings. The zero-order valence-corrected chi connectivity index (χ0v) is 13.0. The van der Waals surface area contributed by atoms with Crippen molar-refractivity contribution < 1.29 is 0 Å². The fourth-order valence-electron chi connectivity index (χ4n) is 1.84. The number of rotatable bonds is 5. The van der Waals surface area contributed by atoms with Gasteiger partial charge in [0.15, 0.2) is 0 Å². The summed E-state index contributed by atoms with van der Waals surface area (Å²) in [5.41, 5.74) is 14.7. The Labute approximate surface area is 126 Å². The number of benzene rings is 2. The van der Waals surface area contributed by atoms with Gasteiger partial charge in [-0.1, -0.05) is 28.1 Å². The third kappa shape index (κ3) is 4.48. The van der Waals surface area contributed by atoms with Crippen LogP contribution >= 0.6 is 27.7 Å². The molecule has 4 N–H and O–H groups in total. The summed E-state index contributed by atoms with van der Waals surface area (Å²) in [4.78, 5) is 1.14. The maximum Gasteiger partial charge on any atom is 0.0453 e. The number of hydrogen-bond acceptors (Lipinski definition) is 3. The zero-order chi connectivity index (χ0) is 13.7. The predicted octanol–water partition coefficient (Wildman–Crippen LogP) is 4.34. The number of thioether (sulfide) groups is 1. The molecule has 2 aromatic carbocycles. The van der Waals surface area contributed by atoms with Crippen LogP contribution in [0.5, 0.6) is 0 Å². The van der Waals surface area contributed by atoms with E-state index in [1.807, 2.05) is 30.3 Å². The van der Waals surface area contributed by atoms with Crippen LogP contribution in [-0.2, 0) is 6.42 Å². The number of nitrogen functional groups attached to an aromatic ring is 2. The predicted molar refractivity (Wildman–Crippen MR) is 88.5 cm³/mol. The zero-order valence-electron chi connectivity index (χ0n) is 10.6. The summed E-state index contributed by atoms with van der Waals surface area (Å²) in [5.74, 6) is 1.05. The average Bonchev–Trinajstić information content (AvgIpc) is 2.39. The Kier molecular flexibility index (Phi) is 5.16. The molecule has 0 aliphatic heterocycles. The van der Waals surface area contributed by atoms with E-state index in [9.17, 15) is 0 Å². The van der Waals surface area contributed by atoms with E-state index in [0.717, 1.165) is 39.3 Å². The van der Waals surface area contributed by atoms with Crippen LogP contribution in [0.2, 0.25) is 0 Å². The summed E-state index contributed by atoms with van der Waals surface area (Å²) in [6.45, 7) is 0. The van der Waals surface area contributed by atoms with Gasteiger partial charge in [-0.25, -0.2) is 0 Å². The molecule has 2 nitrogen and oxygen atoms in total. The van der Waals surface area contributed by atoms with Gasteiger partial charge < -0.3 is 11.5 Å². The first kappa shape index (κ1) is 14.3. The molecule has 0 radical (unpaired) electrons. The Morgan fingerprint density at radius 2 is 1.89 bits per heavy atom. The van der Waals surface area contributed by atoms with Gasteiger partial charge in [-0.3, -0.25) is 0 Å². The molecule has 0 spiro atoms. The Balaban J connectivity index is 1.82. The fraction of sp³-hybridized carbons (Fsp3) is 0.200. The molecule has 0 saturated heterocycles. The third-order valence-corrected chi connectivity index (χ3v) is 4.44. The molecule has 4 heteroatoms. The van der Waals surface area contributed by atoms with Crippen LogP contribution in [0.1, 0.15) is 12.0 Å². The SMILES string of the molecule is Nc1cccc(CCCSc2cc(Br)ccc2N)c1. The maximum absolute atomic E-state index is 5.94. The van der Waals surface area contributed by atoms with E-state index in [2.05, 4.69) is 28.1 Å². The lowest BCUT2D eigenvalue weighted by Crippen LogP contribution is -1.92. The van der Waals surface area contributed by atoms with Crippen molar-refractivity contribution in [3.8, 4) is 0 Å². The van der Waals surface area contributed by atoms with Crippen molar-refractivity contribution in [2.24, 2.45) is 0 Å². The van der Waals surface area contributed by atoms with E-state index in [1.54, 1.807) is 11.8 Å². The molecule has 0 atom stereocenters. The number of aryl methyl sites for hydroxylation is 1. The van der Waals surface area contributed by atoms with E-state index < -0.39 is 0 Å². The minimum atomic E-state index is 0.835. The Morgan fingerprint density at radius 3 is 2.68 bits per heavy atom. The average molecular weight is 337 g/mol. The second-order valence-electron chi connectivity index (χ2n) is 4.38. The Morgan fingerprint density at radius 1 is 1.05 bits per heavy atom. The van der Waals surface area contributed by atoms with Crippen molar-refractivity contribution in [1.29, 1.82) is 0 Å². The Hall–Kier alpha value is -1.13. The monoisotopic (exact) mass is 336 g/mol. The van der Waals surface area contributed by atoms with Gasteiger partial charge >= 0.3 is 0 Å². The van der Waals surface area contributed by atoms with E-state index in [0.29, 0.717) is 0 Å². The van der Waals surface area contributed by atoms with Gasteiger partial charge in [0.05, 0.1) is 0 Å². The van der Waals surface area contributed by atoms with Crippen molar-refractivity contribution in [2.75, 3.05) is 17.2 Å². The van der Waals surface area contributed by atoms with E-state index in [-0.39, 0.29) is 0 Å². The topological polar surface area (TPSA) is 52.0 Å². The molecule has 0 unspecified atom stereocenters. The number of nitrogens with two attached hydrogens (primary N) is 2. The van der Waals surface area contributed by atoms with Crippen molar-refractivity contribution in [3.63, 3.8) is 0 Å². The summed E-state index contributed by atoms with van der Waals surface area (Å²) >= 11 is 5.27. The van der Waals surface area contributed by atoms with Gasteiger partial charge in [-0.2, -0.15) is 0 Å². The second kappa shape index (κ2) is 6.87. The number of anilines is 2. The van der Waals surface area contributed by atoms with Crippen molar-refractivity contribution in [2.45, 2.75) is 17.7 Å². The van der Waals surface area contributed by atoms with Crippen molar-refractivity contribution in [3.05, 3.63) is 52.5 Å². The lowest BCUT2D eigenvalue weighted by atomic mass is 10.1. The van der Waals surface area contributed by atoms with E-state index in [4.69, 9.17) is 11.5 Å². The molecular weight excluding hydrogens is 320 g/mol. The molecule has 0 bridgehead atoms. The molecule has 0 aliphatic rings. The fourth-order valence-corrected chi connectivity index (χ4v) is 3.31. The lowest BCUT2D eigenvalue weighted by molar-refractivity contribution is 0.933. The molecule has 0 amide bonds. The number of hydrogen-bond donors (Lipinski definition) is 2. The van der Waals surface area contributed by atoms with E-state index in [1.165, 1.54) is 5.56 Å². The minimum Gasteiger partial charge on any atom is -0.399 e. The molecule has 2 aromatic rings. The summed E-state index contributed by atoms with van der Waals surface area (Å²) in [6.07, 6.45) is 2.16. The Bertz CT molecular complexity index is 558. The highest BCUT2D eigenvalue weighted by Crippen LogP contribution is 2.28. The molecular formula is C15H17BrN2S. The molecule has 0 heterocycles. The van der Waals surface area contributed by atoms with Crippen LogP contribution in [0.4, 0.5) is 11.4 Å². The maximum atomic E-state index is 5.94. The third-order valence-electron chi connectivity index (χ3n) is 2.79. The second-order valence-corrected chi connectivity index (χ2v) is 6.43. The van der Waals surface area contributed by atoms with Gasteiger partial charge in [0, 0.05) is 20.7 Å². The van der Waals surface area contributed by atoms with Crippen LogP contribution in [0.15, 0.2) is 51.8 Å². The van der Waals surface area contributed by atoms with Crippen molar-refractivity contribution in [1.82, 2.24) is 0 Å². The first-order valence-corrected chi connectivity index (χ1v) is 7.95. The molecule has 0 aliphatic carbocycles. The van der Waals surface area contributed by atoms with Crippen LogP contribution in [-0.4, -0.2) is 5.75 Å². The van der Waals surface area contributed by atoms with Crippen LogP contribution in [0.3, 0.4) is 0 Å². The summed E-state index contributed by atoms with van der Waals surface area (Å²) in [5, 5.41) is 0. The van der Waals surface area contributed by atoms with Gasteiger partial charge in [0.2, 0.25) is 0 Å². The molecule has 100 valence electrons.